The van der Waals surface area contributed by atoms with E-state index in [1.165, 1.54) is 7.11 Å². The Hall–Kier alpha value is -1.24. The van der Waals surface area contributed by atoms with Crippen LogP contribution in [-0.2, 0) is 14.3 Å². The number of nitrogens with zero attached hydrogens (tertiary/aromatic N) is 1. The molecule has 1 heterocycles. The highest BCUT2D eigenvalue weighted by Gasteiger charge is 2.43. The van der Waals surface area contributed by atoms with Crippen LogP contribution in [0.5, 0.6) is 0 Å². The lowest BCUT2D eigenvalue weighted by Crippen LogP contribution is -2.51. The Morgan fingerprint density at radius 3 is 2.64 bits per heavy atom. The summed E-state index contributed by atoms with van der Waals surface area (Å²) in [6, 6.07) is 6.93. The van der Waals surface area contributed by atoms with Gasteiger partial charge in [-0.2, -0.15) is 0 Å². The summed E-state index contributed by atoms with van der Waals surface area (Å²) in [5, 5.41) is 3.31. The summed E-state index contributed by atoms with van der Waals surface area (Å²) in [4.78, 5) is 27.0. The zero-order chi connectivity index (χ0) is 18.6. The van der Waals surface area contributed by atoms with Crippen molar-refractivity contribution < 1.29 is 14.3 Å². The first kappa shape index (κ1) is 20.1. The normalized spacial score (nSPS) is 21.4. The van der Waals surface area contributed by atoms with Gasteiger partial charge in [0.05, 0.1) is 0 Å². The third-order valence-corrected chi connectivity index (χ3v) is 6.05. The van der Waals surface area contributed by atoms with Crippen molar-refractivity contribution in [2.24, 2.45) is 5.92 Å². The highest BCUT2D eigenvalue weighted by molar-refractivity contribution is 7.99. The van der Waals surface area contributed by atoms with E-state index in [-0.39, 0.29) is 29.8 Å². The van der Waals surface area contributed by atoms with E-state index in [0.717, 1.165) is 5.56 Å². The van der Waals surface area contributed by atoms with Crippen molar-refractivity contribution in [1.29, 1.82) is 0 Å². The van der Waals surface area contributed by atoms with Crippen molar-refractivity contribution in [2.45, 2.75) is 38.2 Å². The number of carbonyl (C=O) groups is 2. The van der Waals surface area contributed by atoms with E-state index < -0.39 is 6.04 Å². The van der Waals surface area contributed by atoms with E-state index in [9.17, 15) is 9.59 Å². The van der Waals surface area contributed by atoms with Gasteiger partial charge >= 0.3 is 0 Å². The first-order chi connectivity index (χ1) is 11.9. The van der Waals surface area contributed by atoms with Gasteiger partial charge in [0.15, 0.2) is 0 Å². The van der Waals surface area contributed by atoms with Crippen LogP contribution in [-0.4, -0.2) is 48.3 Å². The van der Waals surface area contributed by atoms with E-state index in [0.29, 0.717) is 16.7 Å². The van der Waals surface area contributed by atoms with Crippen molar-refractivity contribution >= 4 is 35.2 Å². The molecule has 25 heavy (non-hydrogen) atoms. The van der Waals surface area contributed by atoms with Gasteiger partial charge in [0.2, 0.25) is 11.8 Å². The molecule has 1 N–H and O–H groups in total. The molecule has 1 saturated heterocycles. The molecular weight excluding hydrogens is 360 g/mol. The van der Waals surface area contributed by atoms with Crippen molar-refractivity contribution in [1.82, 2.24) is 10.2 Å². The molecule has 0 unspecified atom stereocenters. The monoisotopic (exact) mass is 384 g/mol. The second kappa shape index (κ2) is 8.92. The Balaban J connectivity index is 2.27. The van der Waals surface area contributed by atoms with Crippen LogP contribution in [0.2, 0.25) is 5.02 Å². The number of hydrogen-bond donors (Lipinski definition) is 1. The van der Waals surface area contributed by atoms with Gasteiger partial charge in [0.1, 0.15) is 18.0 Å². The Morgan fingerprint density at radius 1 is 1.36 bits per heavy atom. The summed E-state index contributed by atoms with van der Waals surface area (Å²) in [5.41, 5.74) is 0.839. The number of amides is 2. The largest absolute Gasteiger partial charge is 0.375 e. The van der Waals surface area contributed by atoms with E-state index in [2.05, 4.69) is 19.2 Å². The van der Waals surface area contributed by atoms with Gasteiger partial charge in [-0.15, -0.1) is 11.8 Å². The molecule has 138 valence electrons. The zero-order valence-electron chi connectivity index (χ0n) is 15.0. The van der Waals surface area contributed by atoms with Gasteiger partial charge in [-0.25, -0.2) is 0 Å². The maximum absolute atomic E-state index is 12.7. The molecule has 1 aromatic rings. The first-order valence-electron chi connectivity index (χ1n) is 8.33. The average molecular weight is 385 g/mol. The van der Waals surface area contributed by atoms with Gasteiger partial charge < -0.3 is 15.0 Å². The van der Waals surface area contributed by atoms with Gasteiger partial charge in [0.25, 0.3) is 0 Å². The molecule has 0 saturated carbocycles. The summed E-state index contributed by atoms with van der Waals surface area (Å²) in [7, 11) is 1.47. The molecule has 0 aliphatic carbocycles. The smallest absolute Gasteiger partial charge is 0.250 e. The summed E-state index contributed by atoms with van der Waals surface area (Å²) < 4.78 is 5.01. The summed E-state index contributed by atoms with van der Waals surface area (Å²) in [6.07, 6.45) is 0. The van der Waals surface area contributed by atoms with E-state index >= 15 is 0 Å². The molecule has 0 radical (unpaired) electrons. The lowest BCUT2D eigenvalue weighted by molar-refractivity contribution is -0.143. The quantitative estimate of drug-likeness (QED) is 0.818. The standard InChI is InChI=1S/C18H25ClN2O3S/c1-11(2)12(3)20-17(23)15-10-25-18(21(15)16(22)9-24-4)13-7-5-6-8-14(13)19/h5-8,11-12,15,18H,9-10H2,1-4H3,(H,20,23)/t12-,15-,18-/m1/s1. The van der Waals surface area contributed by atoms with Gasteiger partial charge in [0, 0.05) is 29.5 Å². The zero-order valence-corrected chi connectivity index (χ0v) is 16.6. The lowest BCUT2D eigenvalue weighted by atomic mass is 10.1. The van der Waals surface area contributed by atoms with Crippen LogP contribution in [0.4, 0.5) is 0 Å². The van der Waals surface area contributed by atoms with E-state index in [4.69, 9.17) is 16.3 Å². The maximum Gasteiger partial charge on any atom is 0.250 e. The number of carbonyl (C=O) groups excluding carboxylic acids is 2. The Kier molecular flexibility index (Phi) is 7.16. The molecule has 0 aromatic heterocycles. The fraction of sp³-hybridized carbons (Fsp3) is 0.556. The number of rotatable bonds is 6. The molecule has 7 heteroatoms. The van der Waals surface area contributed by atoms with Crippen LogP contribution in [0, 0.1) is 5.92 Å². The number of thioether (sulfide) groups is 1. The molecule has 3 atom stereocenters. The Bertz CT molecular complexity index is 626. The summed E-state index contributed by atoms with van der Waals surface area (Å²) in [6.45, 7) is 6.01. The number of benzene rings is 1. The minimum absolute atomic E-state index is 0.0382. The SMILES string of the molecule is COCC(=O)N1[C@@H](C(=O)N[C@H](C)C(C)C)CS[C@@H]1c1ccccc1Cl. The number of ether oxygens (including phenoxy) is 1. The molecule has 0 spiro atoms. The predicted molar refractivity (Wildman–Crippen MR) is 102 cm³/mol. The van der Waals surface area contributed by atoms with Gasteiger partial charge in [-0.1, -0.05) is 43.6 Å². The fourth-order valence-corrected chi connectivity index (χ4v) is 4.40. The molecular formula is C18H25ClN2O3S. The second-order valence-corrected chi connectivity index (χ2v) is 8.02. The van der Waals surface area contributed by atoms with Crippen molar-refractivity contribution in [3.05, 3.63) is 34.9 Å². The van der Waals surface area contributed by atoms with Crippen LogP contribution >= 0.6 is 23.4 Å². The van der Waals surface area contributed by atoms with Crippen LogP contribution in [0.1, 0.15) is 31.7 Å². The lowest BCUT2D eigenvalue weighted by Gasteiger charge is -2.30. The van der Waals surface area contributed by atoms with Crippen molar-refractivity contribution in [2.75, 3.05) is 19.5 Å². The van der Waals surface area contributed by atoms with Crippen LogP contribution < -0.4 is 5.32 Å². The summed E-state index contributed by atoms with van der Waals surface area (Å²) in [5.74, 6) is 0.505. The van der Waals surface area contributed by atoms with E-state index in [1.807, 2.05) is 25.1 Å². The van der Waals surface area contributed by atoms with Crippen LogP contribution in [0.3, 0.4) is 0 Å². The molecule has 5 nitrogen and oxygen atoms in total. The minimum atomic E-state index is -0.532. The van der Waals surface area contributed by atoms with Gasteiger partial charge in [-0.05, 0) is 18.9 Å². The molecule has 2 amide bonds. The number of halogens is 1. The third-order valence-electron chi connectivity index (χ3n) is 4.40. The molecule has 2 rings (SSSR count). The number of methoxy groups -OCH3 is 1. The minimum Gasteiger partial charge on any atom is -0.375 e. The highest BCUT2D eigenvalue weighted by atomic mass is 35.5. The highest BCUT2D eigenvalue weighted by Crippen LogP contribution is 2.43. The molecule has 1 fully saturated rings. The number of nitrogens with one attached hydrogen (secondary N) is 1. The first-order valence-corrected chi connectivity index (χ1v) is 9.76. The van der Waals surface area contributed by atoms with Gasteiger partial charge in [-0.3, -0.25) is 9.59 Å². The summed E-state index contributed by atoms with van der Waals surface area (Å²) >= 11 is 7.87. The Morgan fingerprint density at radius 2 is 2.04 bits per heavy atom. The third kappa shape index (κ3) is 4.68. The van der Waals surface area contributed by atoms with Crippen molar-refractivity contribution in [3.8, 4) is 0 Å². The average Bonchev–Trinajstić information content (AvgIpc) is 3.00. The van der Waals surface area contributed by atoms with Crippen molar-refractivity contribution in [3.63, 3.8) is 0 Å². The van der Waals surface area contributed by atoms with Crippen LogP contribution in [0.15, 0.2) is 24.3 Å². The molecule has 1 aliphatic rings. The fourth-order valence-electron chi connectivity index (χ4n) is 2.61. The Labute approximate surface area is 158 Å². The molecule has 0 bridgehead atoms. The predicted octanol–water partition coefficient (Wildman–Crippen LogP) is 3.09. The molecule has 1 aliphatic heterocycles. The van der Waals surface area contributed by atoms with Crippen LogP contribution in [0.25, 0.3) is 0 Å². The van der Waals surface area contributed by atoms with E-state index in [1.54, 1.807) is 22.7 Å². The number of hydrogen-bond acceptors (Lipinski definition) is 4. The second-order valence-electron chi connectivity index (χ2n) is 6.50. The molecule has 1 aromatic carbocycles. The topological polar surface area (TPSA) is 58.6 Å². The maximum atomic E-state index is 12.7.